The van der Waals surface area contributed by atoms with E-state index >= 15 is 0 Å². The summed E-state index contributed by atoms with van der Waals surface area (Å²) >= 11 is 0. The molecular formula is C10H10FN5O. The molecule has 1 atom stereocenters. The average molecular weight is 235 g/mol. The monoisotopic (exact) mass is 235 g/mol. The normalized spacial score (nSPS) is 12.1. The fourth-order valence-electron chi connectivity index (χ4n) is 1.30. The lowest BCUT2D eigenvalue weighted by Gasteiger charge is -2.10. The molecular weight excluding hydrogens is 225 g/mol. The van der Waals surface area contributed by atoms with E-state index < -0.39 is 11.9 Å². The molecule has 0 fully saturated rings. The number of amides is 1. The highest BCUT2D eigenvalue weighted by Gasteiger charge is 2.14. The van der Waals surface area contributed by atoms with Crippen molar-refractivity contribution in [2.45, 2.75) is 13.0 Å². The number of aromatic nitrogens is 4. The quantitative estimate of drug-likeness (QED) is 0.772. The van der Waals surface area contributed by atoms with Crippen molar-refractivity contribution < 1.29 is 9.18 Å². The second-order valence-corrected chi connectivity index (χ2v) is 3.41. The van der Waals surface area contributed by atoms with E-state index in [-0.39, 0.29) is 11.7 Å². The Bertz CT molecular complexity index is 513. The maximum atomic E-state index is 12.8. The molecule has 0 spiro atoms. The second kappa shape index (κ2) is 4.69. The van der Waals surface area contributed by atoms with Crippen molar-refractivity contribution in [2.24, 2.45) is 0 Å². The number of carbonyl (C=O) groups excluding carboxylic acids is 1. The van der Waals surface area contributed by atoms with Crippen LogP contribution in [0.5, 0.6) is 0 Å². The summed E-state index contributed by atoms with van der Waals surface area (Å²) in [7, 11) is 0. The van der Waals surface area contributed by atoms with E-state index in [0.717, 1.165) is 0 Å². The lowest BCUT2D eigenvalue weighted by Crippen LogP contribution is -2.28. The molecule has 2 heterocycles. The van der Waals surface area contributed by atoms with Crippen molar-refractivity contribution in [3.63, 3.8) is 0 Å². The van der Waals surface area contributed by atoms with Gasteiger partial charge in [-0.1, -0.05) is 6.07 Å². The summed E-state index contributed by atoms with van der Waals surface area (Å²) in [4.78, 5) is 19.1. The van der Waals surface area contributed by atoms with Crippen LogP contribution in [-0.2, 0) is 0 Å². The van der Waals surface area contributed by atoms with Gasteiger partial charge in [0.2, 0.25) is 5.95 Å². The molecule has 17 heavy (non-hydrogen) atoms. The van der Waals surface area contributed by atoms with Crippen LogP contribution in [0, 0.1) is 5.95 Å². The van der Waals surface area contributed by atoms with E-state index in [9.17, 15) is 9.18 Å². The van der Waals surface area contributed by atoms with Crippen LogP contribution in [-0.4, -0.2) is 26.1 Å². The van der Waals surface area contributed by atoms with Crippen LogP contribution in [0.25, 0.3) is 0 Å². The van der Waals surface area contributed by atoms with Crippen LogP contribution < -0.4 is 5.32 Å². The largest absolute Gasteiger partial charge is 0.341 e. The number of hydrogen-bond acceptors (Lipinski definition) is 4. The Labute approximate surface area is 96.3 Å². The first-order chi connectivity index (χ1) is 8.16. The summed E-state index contributed by atoms with van der Waals surface area (Å²) in [5, 5.41) is 8.93. The van der Waals surface area contributed by atoms with Crippen molar-refractivity contribution in [3.8, 4) is 0 Å². The first kappa shape index (κ1) is 11.2. The van der Waals surface area contributed by atoms with Crippen LogP contribution in [0.15, 0.2) is 24.5 Å². The van der Waals surface area contributed by atoms with E-state index in [4.69, 9.17) is 0 Å². The zero-order valence-electron chi connectivity index (χ0n) is 9.01. The number of hydrogen-bond donors (Lipinski definition) is 2. The summed E-state index contributed by atoms with van der Waals surface area (Å²) in [6, 6.07) is 3.69. The molecule has 0 aliphatic rings. The SMILES string of the molecule is CC(NC(=O)c1cccc(F)n1)c1ncn[nH]1. The number of pyridine rings is 1. The van der Waals surface area contributed by atoms with Crippen molar-refractivity contribution in [2.75, 3.05) is 0 Å². The summed E-state index contributed by atoms with van der Waals surface area (Å²) in [6.07, 6.45) is 1.35. The van der Waals surface area contributed by atoms with E-state index in [2.05, 4.69) is 25.5 Å². The zero-order valence-corrected chi connectivity index (χ0v) is 9.01. The molecule has 1 unspecified atom stereocenters. The molecule has 7 heteroatoms. The highest BCUT2D eigenvalue weighted by Crippen LogP contribution is 2.06. The second-order valence-electron chi connectivity index (χ2n) is 3.41. The Kier molecular flexibility index (Phi) is 3.08. The lowest BCUT2D eigenvalue weighted by molar-refractivity contribution is 0.0932. The highest BCUT2D eigenvalue weighted by atomic mass is 19.1. The fourth-order valence-corrected chi connectivity index (χ4v) is 1.30. The van der Waals surface area contributed by atoms with Gasteiger partial charge in [-0.25, -0.2) is 9.97 Å². The molecule has 2 rings (SSSR count). The van der Waals surface area contributed by atoms with Crippen LogP contribution in [0.4, 0.5) is 4.39 Å². The van der Waals surface area contributed by atoms with E-state index in [1.54, 1.807) is 6.92 Å². The molecule has 2 aromatic heterocycles. The molecule has 0 radical (unpaired) electrons. The Morgan fingerprint density at radius 2 is 2.35 bits per heavy atom. The predicted octanol–water partition coefficient (Wildman–Crippen LogP) is 0.830. The lowest BCUT2D eigenvalue weighted by atomic mass is 10.3. The number of nitrogens with one attached hydrogen (secondary N) is 2. The summed E-state index contributed by atoms with van der Waals surface area (Å²) in [5.41, 5.74) is 0.0244. The molecule has 0 aliphatic carbocycles. The van der Waals surface area contributed by atoms with Gasteiger partial charge < -0.3 is 5.32 Å². The Hall–Kier alpha value is -2.31. The predicted molar refractivity (Wildman–Crippen MR) is 56.5 cm³/mol. The maximum Gasteiger partial charge on any atom is 0.270 e. The molecule has 0 saturated carbocycles. The number of nitrogens with zero attached hydrogens (tertiary/aromatic N) is 3. The minimum Gasteiger partial charge on any atom is -0.341 e. The van der Waals surface area contributed by atoms with Crippen molar-refractivity contribution in [1.29, 1.82) is 0 Å². The number of aromatic amines is 1. The Morgan fingerprint density at radius 3 is 3.00 bits per heavy atom. The van der Waals surface area contributed by atoms with Gasteiger partial charge in [0.15, 0.2) is 0 Å². The van der Waals surface area contributed by atoms with Gasteiger partial charge in [-0.15, -0.1) is 0 Å². The standard InChI is InChI=1S/C10H10FN5O/c1-6(9-12-5-13-16-9)14-10(17)7-3-2-4-8(11)15-7/h2-6H,1H3,(H,14,17)(H,12,13,16). The fraction of sp³-hybridized carbons (Fsp3) is 0.200. The molecule has 0 aromatic carbocycles. The third kappa shape index (κ3) is 2.63. The molecule has 0 aliphatic heterocycles. The highest BCUT2D eigenvalue weighted by molar-refractivity contribution is 5.92. The minimum absolute atomic E-state index is 0.0244. The first-order valence-electron chi connectivity index (χ1n) is 4.95. The number of halogens is 1. The number of carbonyl (C=O) groups is 1. The molecule has 1 amide bonds. The summed E-state index contributed by atoms with van der Waals surface area (Å²) in [6.45, 7) is 1.73. The first-order valence-corrected chi connectivity index (χ1v) is 4.95. The summed E-state index contributed by atoms with van der Waals surface area (Å²) in [5.74, 6) is -0.631. The number of H-pyrrole nitrogens is 1. The molecule has 0 bridgehead atoms. The van der Waals surface area contributed by atoms with Gasteiger partial charge in [0.05, 0.1) is 6.04 Å². The summed E-state index contributed by atoms with van der Waals surface area (Å²) < 4.78 is 12.8. The van der Waals surface area contributed by atoms with Gasteiger partial charge >= 0.3 is 0 Å². The number of rotatable bonds is 3. The molecule has 2 aromatic rings. The van der Waals surface area contributed by atoms with E-state index in [1.165, 1.54) is 24.5 Å². The van der Waals surface area contributed by atoms with Gasteiger partial charge in [0.25, 0.3) is 5.91 Å². The minimum atomic E-state index is -0.690. The van der Waals surface area contributed by atoms with Crippen molar-refractivity contribution in [3.05, 3.63) is 42.0 Å². The molecule has 88 valence electrons. The Balaban J connectivity index is 2.07. The maximum absolute atomic E-state index is 12.8. The van der Waals surface area contributed by atoms with Crippen LogP contribution in [0.2, 0.25) is 0 Å². The third-order valence-electron chi connectivity index (χ3n) is 2.14. The van der Waals surface area contributed by atoms with E-state index in [1.807, 2.05) is 0 Å². The third-order valence-corrected chi connectivity index (χ3v) is 2.14. The van der Waals surface area contributed by atoms with Gasteiger partial charge in [-0.3, -0.25) is 9.89 Å². The smallest absolute Gasteiger partial charge is 0.270 e. The van der Waals surface area contributed by atoms with Crippen LogP contribution >= 0.6 is 0 Å². The van der Waals surface area contributed by atoms with Crippen molar-refractivity contribution >= 4 is 5.91 Å². The average Bonchev–Trinajstić information content (AvgIpc) is 2.82. The van der Waals surface area contributed by atoms with Gasteiger partial charge in [0, 0.05) is 0 Å². The van der Waals surface area contributed by atoms with Gasteiger partial charge in [-0.2, -0.15) is 9.49 Å². The van der Waals surface area contributed by atoms with E-state index in [0.29, 0.717) is 5.82 Å². The van der Waals surface area contributed by atoms with Crippen LogP contribution in [0.1, 0.15) is 29.3 Å². The van der Waals surface area contributed by atoms with Crippen molar-refractivity contribution in [1.82, 2.24) is 25.5 Å². The molecule has 6 nitrogen and oxygen atoms in total. The Morgan fingerprint density at radius 1 is 1.53 bits per heavy atom. The molecule has 0 saturated heterocycles. The molecule has 2 N–H and O–H groups in total. The van der Waals surface area contributed by atoms with Gasteiger partial charge in [0.1, 0.15) is 17.8 Å². The van der Waals surface area contributed by atoms with Gasteiger partial charge in [-0.05, 0) is 19.1 Å². The zero-order chi connectivity index (χ0) is 12.3. The van der Waals surface area contributed by atoms with Crippen LogP contribution in [0.3, 0.4) is 0 Å². The topological polar surface area (TPSA) is 83.6 Å².